The van der Waals surface area contributed by atoms with Crippen molar-refractivity contribution in [3.8, 4) is 11.9 Å². The minimum atomic E-state index is -1.45. The highest BCUT2D eigenvalue weighted by atomic mass is 35.5. The molecule has 33 heavy (non-hydrogen) atoms. The van der Waals surface area contributed by atoms with Crippen LogP contribution in [0.4, 0.5) is 5.69 Å². The van der Waals surface area contributed by atoms with Crippen molar-refractivity contribution in [2.75, 3.05) is 4.90 Å². The van der Waals surface area contributed by atoms with Gasteiger partial charge in [0.1, 0.15) is 17.1 Å². The number of ether oxygens (including phenoxy) is 1. The number of aryl methyl sites for hydroxylation is 1. The fourth-order valence-electron chi connectivity index (χ4n) is 4.77. The zero-order chi connectivity index (χ0) is 23.3. The van der Waals surface area contributed by atoms with Crippen LogP contribution >= 0.6 is 23.2 Å². The van der Waals surface area contributed by atoms with Crippen LogP contribution in [0.1, 0.15) is 35.7 Å². The molecule has 1 atom stereocenters. The van der Waals surface area contributed by atoms with E-state index in [0.717, 1.165) is 17.7 Å². The number of fused-ring (bicyclic) bond motifs is 4. The lowest BCUT2D eigenvalue weighted by molar-refractivity contribution is -0.121. The molecule has 0 saturated carbocycles. The van der Waals surface area contributed by atoms with Gasteiger partial charge in [0.05, 0.1) is 22.2 Å². The number of aromatic amines is 1. The van der Waals surface area contributed by atoms with Crippen molar-refractivity contribution in [1.29, 1.82) is 5.26 Å². The number of halogens is 2. The Bertz CT molecular complexity index is 1370. The van der Waals surface area contributed by atoms with Gasteiger partial charge in [-0.25, -0.2) is 0 Å². The second-order valence-corrected chi connectivity index (χ2v) is 8.81. The van der Waals surface area contributed by atoms with Crippen LogP contribution in [0.3, 0.4) is 0 Å². The van der Waals surface area contributed by atoms with E-state index in [4.69, 9.17) is 33.7 Å². The number of anilines is 1. The molecule has 1 unspecified atom stereocenters. The maximum atomic E-state index is 14.4. The average molecular weight is 480 g/mol. The van der Waals surface area contributed by atoms with E-state index in [2.05, 4.69) is 16.3 Å². The van der Waals surface area contributed by atoms with E-state index in [-0.39, 0.29) is 29.8 Å². The van der Waals surface area contributed by atoms with Gasteiger partial charge in [-0.15, -0.1) is 5.10 Å². The second-order valence-electron chi connectivity index (χ2n) is 7.99. The topological polar surface area (TPSA) is 108 Å². The molecule has 5 rings (SSSR count). The van der Waals surface area contributed by atoms with Crippen molar-refractivity contribution in [1.82, 2.24) is 10.2 Å². The molecule has 7 nitrogen and oxygen atoms in total. The van der Waals surface area contributed by atoms with Gasteiger partial charge in [0.25, 0.3) is 0 Å². The summed E-state index contributed by atoms with van der Waals surface area (Å²) in [4.78, 5) is 16.0. The van der Waals surface area contributed by atoms with Crippen LogP contribution in [-0.2, 0) is 23.2 Å². The fraction of sp³-hybridized carbons (Fsp3) is 0.208. The molecule has 0 radical (unpaired) electrons. The summed E-state index contributed by atoms with van der Waals surface area (Å²) in [6, 6.07) is 14.8. The Balaban J connectivity index is 1.76. The van der Waals surface area contributed by atoms with Crippen LogP contribution in [0, 0.1) is 11.3 Å². The minimum Gasteiger partial charge on any atom is -0.420 e. The van der Waals surface area contributed by atoms with Gasteiger partial charge in [0.2, 0.25) is 17.7 Å². The minimum absolute atomic E-state index is 0.0582. The van der Waals surface area contributed by atoms with E-state index < -0.39 is 5.41 Å². The van der Waals surface area contributed by atoms with Crippen LogP contribution in [-0.4, -0.2) is 16.1 Å². The van der Waals surface area contributed by atoms with Gasteiger partial charge in [0, 0.05) is 16.9 Å². The highest BCUT2D eigenvalue weighted by molar-refractivity contribution is 6.42. The number of hydrogen-bond acceptors (Lipinski definition) is 5. The summed E-state index contributed by atoms with van der Waals surface area (Å²) in [7, 11) is 0. The van der Waals surface area contributed by atoms with Crippen molar-refractivity contribution < 1.29 is 9.53 Å². The largest absolute Gasteiger partial charge is 0.420 e. The Morgan fingerprint density at radius 3 is 2.76 bits per heavy atom. The van der Waals surface area contributed by atoms with Crippen LogP contribution < -0.4 is 15.4 Å². The van der Waals surface area contributed by atoms with Gasteiger partial charge in [-0.2, -0.15) is 5.26 Å². The van der Waals surface area contributed by atoms with Gasteiger partial charge in [-0.1, -0.05) is 60.8 Å². The number of benzene rings is 2. The third-order valence-corrected chi connectivity index (χ3v) is 6.85. The van der Waals surface area contributed by atoms with Crippen LogP contribution in [0.15, 0.2) is 53.9 Å². The normalized spacial score (nSPS) is 18.8. The van der Waals surface area contributed by atoms with E-state index in [0.29, 0.717) is 33.3 Å². The van der Waals surface area contributed by atoms with Gasteiger partial charge >= 0.3 is 0 Å². The van der Waals surface area contributed by atoms with Crippen molar-refractivity contribution >= 4 is 34.8 Å². The standard InChI is InChI=1S/C24H19Cl2N5O2/c1-2-5-18-20-22(30-29-18)33-21(28)15(11-27)24(20)14-6-3-4-7-19(14)31(23(24)32)12-13-8-9-16(25)17(26)10-13/h3-4,6-10H,2,5,12,28H2,1H3,(H,29,30). The van der Waals surface area contributed by atoms with E-state index >= 15 is 0 Å². The molecule has 3 aromatic rings. The average Bonchev–Trinajstić information content (AvgIpc) is 3.30. The number of aromatic nitrogens is 2. The zero-order valence-electron chi connectivity index (χ0n) is 17.7. The number of nitriles is 1. The molecular weight excluding hydrogens is 461 g/mol. The Labute approximate surface area is 200 Å². The molecule has 3 N–H and O–H groups in total. The number of nitrogens with zero attached hydrogens (tertiary/aromatic N) is 3. The first-order chi connectivity index (χ1) is 15.9. The number of carbonyl (C=O) groups is 1. The molecule has 0 saturated heterocycles. The Hall–Kier alpha value is -3.47. The second kappa shape index (κ2) is 7.84. The van der Waals surface area contributed by atoms with E-state index in [9.17, 15) is 10.1 Å². The molecule has 1 aromatic heterocycles. The van der Waals surface area contributed by atoms with Crippen molar-refractivity contribution in [2.24, 2.45) is 5.73 Å². The lowest BCUT2D eigenvalue weighted by Crippen LogP contribution is -2.46. The molecule has 3 heterocycles. The fourth-order valence-corrected chi connectivity index (χ4v) is 5.09. The maximum absolute atomic E-state index is 14.4. The molecule has 0 fully saturated rings. The SMILES string of the molecule is CCCc1[nH]nc2c1C1(C(=O)N(Cc3ccc(Cl)c(Cl)c3)c3ccccc31)C(C#N)=C(N)O2. The molecule has 2 aliphatic heterocycles. The molecular formula is C24H19Cl2N5O2. The predicted molar refractivity (Wildman–Crippen MR) is 125 cm³/mol. The number of nitrogens with one attached hydrogen (secondary N) is 1. The van der Waals surface area contributed by atoms with Gasteiger partial charge in [-0.3, -0.25) is 9.89 Å². The predicted octanol–water partition coefficient (Wildman–Crippen LogP) is 4.59. The molecule has 2 aromatic carbocycles. The summed E-state index contributed by atoms with van der Waals surface area (Å²) in [6.45, 7) is 2.27. The number of nitrogens with two attached hydrogens (primary N) is 1. The molecule has 166 valence electrons. The van der Waals surface area contributed by atoms with E-state index in [1.165, 1.54) is 0 Å². The highest BCUT2D eigenvalue weighted by Gasteiger charge is 2.60. The summed E-state index contributed by atoms with van der Waals surface area (Å²) in [5, 5.41) is 18.3. The van der Waals surface area contributed by atoms with Crippen molar-refractivity contribution in [2.45, 2.75) is 31.7 Å². The molecule has 1 spiro atoms. The zero-order valence-corrected chi connectivity index (χ0v) is 19.2. The van der Waals surface area contributed by atoms with Crippen molar-refractivity contribution in [3.05, 3.63) is 86.4 Å². The van der Waals surface area contributed by atoms with Gasteiger partial charge in [0.15, 0.2) is 0 Å². The number of hydrogen-bond donors (Lipinski definition) is 2. The quantitative estimate of drug-likeness (QED) is 0.568. The third-order valence-electron chi connectivity index (χ3n) is 6.11. The summed E-state index contributed by atoms with van der Waals surface area (Å²) in [5.41, 5.74) is 8.22. The summed E-state index contributed by atoms with van der Waals surface area (Å²) in [5.74, 6) is -0.203. The van der Waals surface area contributed by atoms with Crippen molar-refractivity contribution in [3.63, 3.8) is 0 Å². The molecule has 2 aliphatic rings. The van der Waals surface area contributed by atoms with Crippen LogP contribution in [0.25, 0.3) is 0 Å². The molecule has 0 bridgehead atoms. The first-order valence-corrected chi connectivity index (χ1v) is 11.2. The Morgan fingerprint density at radius 2 is 2.03 bits per heavy atom. The first-order valence-electron chi connectivity index (χ1n) is 10.4. The maximum Gasteiger partial charge on any atom is 0.248 e. The smallest absolute Gasteiger partial charge is 0.248 e. The molecule has 0 aliphatic carbocycles. The lowest BCUT2D eigenvalue weighted by atomic mass is 9.68. The lowest BCUT2D eigenvalue weighted by Gasteiger charge is -2.33. The summed E-state index contributed by atoms with van der Waals surface area (Å²) < 4.78 is 5.68. The summed E-state index contributed by atoms with van der Waals surface area (Å²) in [6.07, 6.45) is 1.45. The van der Waals surface area contributed by atoms with Gasteiger partial charge in [-0.05, 0) is 30.2 Å². The first kappa shape index (κ1) is 21.4. The highest BCUT2D eigenvalue weighted by Crippen LogP contribution is 2.56. The Morgan fingerprint density at radius 1 is 1.24 bits per heavy atom. The Kier molecular flexibility index (Phi) is 5.08. The van der Waals surface area contributed by atoms with E-state index in [1.807, 2.05) is 37.3 Å². The molecule has 1 amide bonds. The van der Waals surface area contributed by atoms with Crippen LogP contribution in [0.2, 0.25) is 10.0 Å². The summed E-state index contributed by atoms with van der Waals surface area (Å²) >= 11 is 12.3. The number of rotatable bonds is 4. The monoisotopic (exact) mass is 479 g/mol. The number of amides is 1. The number of H-pyrrole nitrogens is 1. The van der Waals surface area contributed by atoms with Gasteiger partial charge < -0.3 is 15.4 Å². The van der Waals surface area contributed by atoms with E-state index in [1.54, 1.807) is 17.0 Å². The van der Waals surface area contributed by atoms with Crippen LogP contribution in [0.5, 0.6) is 5.88 Å². The number of para-hydroxylation sites is 1. The third kappa shape index (κ3) is 2.95. The number of carbonyl (C=O) groups excluding carboxylic acids is 1. The molecule has 9 heteroatoms.